The average molecular weight is 330 g/mol. The molecule has 3 heterocycles. The maximum absolute atomic E-state index is 14.0. The van der Waals surface area contributed by atoms with Crippen molar-refractivity contribution in [3.8, 4) is 0 Å². The van der Waals surface area contributed by atoms with Crippen LogP contribution in [0.1, 0.15) is 19.3 Å². The molecule has 3 rings (SSSR count). The molecule has 0 bridgehead atoms. The molecule has 132 valence electrons. The summed E-state index contributed by atoms with van der Waals surface area (Å²) in [6.45, 7) is 4.55. The molecule has 7 heteroatoms. The van der Waals surface area contributed by atoms with E-state index in [0.717, 1.165) is 12.8 Å². The molecular weight excluding hydrogens is 303 g/mol. The van der Waals surface area contributed by atoms with Gasteiger partial charge in [0, 0.05) is 65.8 Å². The van der Waals surface area contributed by atoms with Crippen molar-refractivity contribution in [3.05, 3.63) is 0 Å². The zero-order chi connectivity index (χ0) is 16.3. The van der Waals surface area contributed by atoms with E-state index in [9.17, 15) is 9.18 Å². The van der Waals surface area contributed by atoms with E-state index < -0.39 is 6.17 Å². The summed E-state index contributed by atoms with van der Waals surface area (Å²) in [5, 5.41) is 0. The molecule has 6 nitrogen and oxygen atoms in total. The number of halogens is 1. The Hall–Kier alpha value is -0.760. The summed E-state index contributed by atoms with van der Waals surface area (Å²) in [4.78, 5) is 16.6. The molecular formula is C16H27FN2O4. The topological polar surface area (TPSA) is 51.2 Å². The number of amides is 1. The number of likely N-dealkylation sites (tertiary alicyclic amines) is 1. The van der Waals surface area contributed by atoms with Crippen LogP contribution in [-0.4, -0.2) is 93.2 Å². The fourth-order valence-corrected chi connectivity index (χ4v) is 3.81. The lowest BCUT2D eigenvalue weighted by molar-refractivity contribution is -0.143. The molecule has 0 aliphatic carbocycles. The van der Waals surface area contributed by atoms with Gasteiger partial charge in [-0.15, -0.1) is 0 Å². The minimum atomic E-state index is -0.946. The highest BCUT2D eigenvalue weighted by atomic mass is 19.1. The zero-order valence-corrected chi connectivity index (χ0v) is 13.8. The molecule has 0 aromatic rings. The van der Waals surface area contributed by atoms with Crippen LogP contribution in [0.2, 0.25) is 0 Å². The lowest BCUT2D eigenvalue weighted by atomic mass is 9.93. The van der Waals surface area contributed by atoms with Gasteiger partial charge in [0.15, 0.2) is 0 Å². The van der Waals surface area contributed by atoms with E-state index in [2.05, 4.69) is 0 Å². The van der Waals surface area contributed by atoms with Gasteiger partial charge < -0.3 is 19.1 Å². The maximum atomic E-state index is 14.0. The van der Waals surface area contributed by atoms with Crippen LogP contribution in [0, 0.1) is 0 Å². The fraction of sp³-hybridized carbons (Fsp3) is 0.938. The van der Waals surface area contributed by atoms with Crippen molar-refractivity contribution < 1.29 is 23.4 Å². The third-order valence-corrected chi connectivity index (χ3v) is 5.29. The highest BCUT2D eigenvalue weighted by Crippen LogP contribution is 2.30. The summed E-state index contributed by atoms with van der Waals surface area (Å²) in [5.74, 6) is 0.0340. The van der Waals surface area contributed by atoms with Crippen LogP contribution in [0.4, 0.5) is 4.39 Å². The lowest BCUT2D eigenvalue weighted by Gasteiger charge is -2.41. The van der Waals surface area contributed by atoms with Crippen molar-refractivity contribution in [1.82, 2.24) is 9.80 Å². The van der Waals surface area contributed by atoms with Gasteiger partial charge in [-0.1, -0.05) is 0 Å². The zero-order valence-electron chi connectivity index (χ0n) is 13.8. The van der Waals surface area contributed by atoms with Crippen molar-refractivity contribution >= 4 is 5.91 Å². The molecule has 1 amide bonds. The van der Waals surface area contributed by atoms with E-state index in [1.165, 1.54) is 0 Å². The molecule has 0 spiro atoms. The molecule has 3 aliphatic rings. The van der Waals surface area contributed by atoms with Crippen LogP contribution in [0.3, 0.4) is 0 Å². The first kappa shape index (κ1) is 17.1. The summed E-state index contributed by atoms with van der Waals surface area (Å²) < 4.78 is 30.5. The molecule has 0 aromatic carbocycles. The summed E-state index contributed by atoms with van der Waals surface area (Å²) >= 11 is 0. The lowest BCUT2D eigenvalue weighted by Crippen LogP contribution is -2.54. The first-order chi connectivity index (χ1) is 11.1. The number of hydrogen-bond donors (Lipinski definition) is 0. The summed E-state index contributed by atoms with van der Waals surface area (Å²) in [7, 11) is 1.70. The number of hydrogen-bond acceptors (Lipinski definition) is 5. The first-order valence-corrected chi connectivity index (χ1v) is 8.51. The number of alkyl halides is 1. The number of morpholine rings is 1. The van der Waals surface area contributed by atoms with Crippen LogP contribution in [0.15, 0.2) is 0 Å². The number of methoxy groups -OCH3 is 1. The number of carbonyl (C=O) groups excluding carboxylic acids is 1. The van der Waals surface area contributed by atoms with Crippen molar-refractivity contribution in [2.24, 2.45) is 0 Å². The monoisotopic (exact) mass is 330 g/mol. The van der Waals surface area contributed by atoms with Gasteiger partial charge in [-0.2, -0.15) is 0 Å². The Morgan fingerprint density at radius 3 is 2.52 bits per heavy atom. The standard InChI is InChI=1S/C16H27FN2O4/c1-21-16(2-6-22-7-3-16)12-19-11-13(17)10-14(19)15(20)18-4-8-23-9-5-18/h13-14H,2-12H2,1H3/t13-,14+/m1/s1. The summed E-state index contributed by atoms with van der Waals surface area (Å²) in [5.41, 5.74) is -0.328. The van der Waals surface area contributed by atoms with E-state index in [0.29, 0.717) is 52.6 Å². The Balaban J connectivity index is 1.67. The second-order valence-corrected chi connectivity index (χ2v) is 6.72. The Labute approximate surface area is 136 Å². The van der Waals surface area contributed by atoms with Crippen LogP contribution < -0.4 is 0 Å². The normalized spacial score (nSPS) is 32.2. The number of rotatable bonds is 4. The highest BCUT2D eigenvalue weighted by molar-refractivity contribution is 5.82. The van der Waals surface area contributed by atoms with Gasteiger partial charge in [-0.05, 0) is 0 Å². The molecule has 0 unspecified atom stereocenters. The van der Waals surface area contributed by atoms with Crippen LogP contribution in [0.5, 0.6) is 0 Å². The first-order valence-electron chi connectivity index (χ1n) is 8.51. The smallest absolute Gasteiger partial charge is 0.240 e. The molecule has 0 radical (unpaired) electrons. The third-order valence-electron chi connectivity index (χ3n) is 5.29. The molecule has 0 saturated carbocycles. The van der Waals surface area contributed by atoms with Gasteiger partial charge in [0.25, 0.3) is 0 Å². The Kier molecular flexibility index (Phi) is 5.51. The molecule has 3 aliphatic heterocycles. The number of nitrogens with zero attached hydrogens (tertiary/aromatic N) is 2. The SMILES string of the molecule is COC1(CN2C[C@H](F)C[C@H]2C(=O)N2CCOCC2)CCOCC1. The molecule has 3 fully saturated rings. The van der Waals surface area contributed by atoms with Gasteiger partial charge in [0.05, 0.1) is 24.9 Å². The Morgan fingerprint density at radius 1 is 1.22 bits per heavy atom. The second kappa shape index (κ2) is 7.42. The maximum Gasteiger partial charge on any atom is 0.240 e. The Morgan fingerprint density at radius 2 is 1.87 bits per heavy atom. The van der Waals surface area contributed by atoms with E-state index in [4.69, 9.17) is 14.2 Å². The highest BCUT2D eigenvalue weighted by Gasteiger charge is 2.44. The minimum Gasteiger partial charge on any atom is -0.381 e. The van der Waals surface area contributed by atoms with Crippen molar-refractivity contribution in [1.29, 1.82) is 0 Å². The van der Waals surface area contributed by atoms with Gasteiger partial charge >= 0.3 is 0 Å². The predicted molar refractivity (Wildman–Crippen MR) is 82.1 cm³/mol. The quantitative estimate of drug-likeness (QED) is 0.749. The molecule has 23 heavy (non-hydrogen) atoms. The van der Waals surface area contributed by atoms with E-state index >= 15 is 0 Å². The summed E-state index contributed by atoms with van der Waals surface area (Å²) in [6, 6.07) is -0.377. The van der Waals surface area contributed by atoms with Crippen LogP contribution in [0.25, 0.3) is 0 Å². The van der Waals surface area contributed by atoms with E-state index in [1.54, 1.807) is 7.11 Å². The average Bonchev–Trinajstić information content (AvgIpc) is 2.96. The summed E-state index contributed by atoms with van der Waals surface area (Å²) in [6.07, 6.45) is 0.913. The van der Waals surface area contributed by atoms with Crippen molar-refractivity contribution in [2.45, 2.75) is 37.1 Å². The van der Waals surface area contributed by atoms with Gasteiger partial charge in [0.1, 0.15) is 6.17 Å². The predicted octanol–water partition coefficient (Wildman–Crippen LogP) is 0.453. The molecule has 3 saturated heterocycles. The Bertz CT molecular complexity index is 411. The molecule has 0 N–H and O–H groups in total. The van der Waals surface area contributed by atoms with Crippen LogP contribution >= 0.6 is 0 Å². The van der Waals surface area contributed by atoms with E-state index in [-0.39, 0.29) is 24.0 Å². The van der Waals surface area contributed by atoms with Crippen molar-refractivity contribution in [3.63, 3.8) is 0 Å². The largest absolute Gasteiger partial charge is 0.381 e. The van der Waals surface area contributed by atoms with Gasteiger partial charge in [-0.3, -0.25) is 9.69 Å². The number of carbonyl (C=O) groups is 1. The van der Waals surface area contributed by atoms with Gasteiger partial charge in [-0.25, -0.2) is 4.39 Å². The fourth-order valence-electron chi connectivity index (χ4n) is 3.81. The minimum absolute atomic E-state index is 0.0340. The second-order valence-electron chi connectivity index (χ2n) is 6.72. The molecule has 2 atom stereocenters. The molecule has 0 aromatic heterocycles. The van der Waals surface area contributed by atoms with E-state index in [1.807, 2.05) is 9.80 Å². The van der Waals surface area contributed by atoms with Crippen LogP contribution in [-0.2, 0) is 19.0 Å². The third kappa shape index (κ3) is 3.84. The van der Waals surface area contributed by atoms with Gasteiger partial charge in [0.2, 0.25) is 5.91 Å². The van der Waals surface area contributed by atoms with Crippen molar-refractivity contribution in [2.75, 3.05) is 59.7 Å². The number of ether oxygens (including phenoxy) is 3.